The van der Waals surface area contributed by atoms with Crippen LogP contribution in [0.2, 0.25) is 0 Å². The predicted octanol–water partition coefficient (Wildman–Crippen LogP) is 24.8. The van der Waals surface area contributed by atoms with Crippen LogP contribution >= 0.6 is 15.6 Å². The lowest BCUT2D eigenvalue weighted by Gasteiger charge is -2.21. The van der Waals surface area contributed by atoms with E-state index in [1.54, 1.807) is 0 Å². The second-order valence-electron chi connectivity index (χ2n) is 31.3. The van der Waals surface area contributed by atoms with Gasteiger partial charge in [0.2, 0.25) is 0 Å². The lowest BCUT2D eigenvalue weighted by molar-refractivity contribution is -0.161. The van der Waals surface area contributed by atoms with Gasteiger partial charge in [-0.1, -0.05) is 376 Å². The van der Waals surface area contributed by atoms with Gasteiger partial charge in [-0.25, -0.2) is 9.13 Å². The third kappa shape index (κ3) is 73.6. The van der Waals surface area contributed by atoms with Crippen LogP contribution in [-0.4, -0.2) is 96.7 Å². The molecule has 0 amide bonds. The minimum Gasteiger partial charge on any atom is -0.462 e. The van der Waals surface area contributed by atoms with Crippen molar-refractivity contribution in [2.24, 2.45) is 23.7 Å². The van der Waals surface area contributed by atoms with E-state index in [1.807, 2.05) is 0 Å². The van der Waals surface area contributed by atoms with E-state index in [0.717, 1.165) is 114 Å². The summed E-state index contributed by atoms with van der Waals surface area (Å²) >= 11 is 0. The first-order valence-electron chi connectivity index (χ1n) is 42.8. The second-order valence-corrected chi connectivity index (χ2v) is 34.2. The van der Waals surface area contributed by atoms with E-state index in [9.17, 15) is 43.2 Å². The van der Waals surface area contributed by atoms with E-state index in [1.165, 1.54) is 231 Å². The minimum absolute atomic E-state index is 0.106. The number of carbonyl (C=O) groups excluding carboxylic acids is 4. The number of hydrogen-bond acceptors (Lipinski definition) is 15. The van der Waals surface area contributed by atoms with Crippen molar-refractivity contribution >= 4 is 39.5 Å². The van der Waals surface area contributed by atoms with Crippen LogP contribution in [0, 0.1) is 23.7 Å². The first kappa shape index (κ1) is 100. The Balaban J connectivity index is 5.26. The van der Waals surface area contributed by atoms with Crippen LogP contribution < -0.4 is 0 Å². The Kier molecular flexibility index (Phi) is 70.6. The summed E-state index contributed by atoms with van der Waals surface area (Å²) in [4.78, 5) is 73.1. The normalized spacial score (nSPS) is 14.5. The molecule has 0 rings (SSSR count). The molecule has 4 unspecified atom stereocenters. The summed E-state index contributed by atoms with van der Waals surface area (Å²) in [5.74, 6) is 1.08. The average Bonchev–Trinajstić information content (AvgIpc) is 0.908. The Morgan fingerprint density at radius 1 is 0.275 bits per heavy atom. The topological polar surface area (TPSA) is 237 Å². The van der Waals surface area contributed by atoms with Crippen molar-refractivity contribution in [3.63, 3.8) is 0 Å². The molecule has 19 heteroatoms. The van der Waals surface area contributed by atoms with Crippen molar-refractivity contribution in [1.29, 1.82) is 0 Å². The number of carbonyl (C=O) groups is 4. The summed E-state index contributed by atoms with van der Waals surface area (Å²) in [6.45, 7) is 14.3. The van der Waals surface area contributed by atoms with Gasteiger partial charge in [-0.3, -0.25) is 37.3 Å². The molecule has 3 N–H and O–H groups in total. The van der Waals surface area contributed by atoms with E-state index < -0.39 is 97.5 Å². The molecule has 0 bridgehead atoms. The highest BCUT2D eigenvalue weighted by molar-refractivity contribution is 7.47. The molecule has 0 saturated carbocycles. The van der Waals surface area contributed by atoms with Crippen molar-refractivity contribution in [2.75, 3.05) is 39.6 Å². The Morgan fingerprint density at radius 3 is 0.696 bits per heavy atom. The van der Waals surface area contributed by atoms with Gasteiger partial charge in [0.15, 0.2) is 12.2 Å². The number of ether oxygens (including phenoxy) is 4. The molecule has 7 atom stereocenters. The van der Waals surface area contributed by atoms with Gasteiger partial charge in [0.25, 0.3) is 0 Å². The molecular weight excluding hydrogens is 1330 g/mol. The molecule has 0 aromatic carbocycles. The molecule has 102 heavy (non-hydrogen) atoms. The fourth-order valence-electron chi connectivity index (χ4n) is 12.7. The van der Waals surface area contributed by atoms with Gasteiger partial charge in [0.1, 0.15) is 19.3 Å². The first-order valence-corrected chi connectivity index (χ1v) is 45.8. The number of esters is 4. The summed E-state index contributed by atoms with van der Waals surface area (Å²) in [6.07, 6.45) is 59.5. The van der Waals surface area contributed by atoms with Crippen molar-refractivity contribution in [3.8, 4) is 0 Å². The molecule has 0 aromatic heterocycles. The van der Waals surface area contributed by atoms with Crippen molar-refractivity contribution in [2.45, 2.75) is 446 Å². The zero-order valence-electron chi connectivity index (χ0n) is 67.2. The molecule has 0 heterocycles. The minimum atomic E-state index is -4.96. The van der Waals surface area contributed by atoms with E-state index in [0.29, 0.717) is 25.7 Å². The third-order valence-corrected chi connectivity index (χ3v) is 21.9. The van der Waals surface area contributed by atoms with Gasteiger partial charge in [-0.15, -0.1) is 0 Å². The number of rotatable bonds is 80. The van der Waals surface area contributed by atoms with Gasteiger partial charge in [-0.2, -0.15) is 0 Å². The molecule has 0 aliphatic rings. The lowest BCUT2D eigenvalue weighted by atomic mass is 9.99. The Morgan fingerprint density at radius 2 is 0.471 bits per heavy atom. The summed E-state index contributed by atoms with van der Waals surface area (Å²) in [5.41, 5.74) is 0. The fraction of sp³-hybridized carbons (Fsp3) is 0.952. The number of phosphoric acid groups is 2. The second kappa shape index (κ2) is 72.0. The van der Waals surface area contributed by atoms with Crippen molar-refractivity contribution < 1.29 is 80.2 Å². The molecule has 0 saturated heterocycles. The van der Waals surface area contributed by atoms with Crippen molar-refractivity contribution in [3.05, 3.63) is 0 Å². The predicted molar refractivity (Wildman–Crippen MR) is 418 cm³/mol. The van der Waals surface area contributed by atoms with E-state index in [2.05, 4.69) is 55.4 Å². The number of phosphoric ester groups is 2. The molecule has 0 radical (unpaired) electrons. The molecule has 0 spiro atoms. The third-order valence-electron chi connectivity index (χ3n) is 20.0. The van der Waals surface area contributed by atoms with Crippen LogP contribution in [0.4, 0.5) is 0 Å². The molecule has 0 fully saturated rings. The lowest BCUT2D eigenvalue weighted by Crippen LogP contribution is -2.30. The number of aliphatic hydroxyl groups is 1. The molecule has 606 valence electrons. The molecule has 17 nitrogen and oxygen atoms in total. The summed E-state index contributed by atoms with van der Waals surface area (Å²) in [7, 11) is -9.93. The first-order chi connectivity index (χ1) is 49.2. The van der Waals surface area contributed by atoms with Gasteiger partial charge in [0, 0.05) is 25.7 Å². The van der Waals surface area contributed by atoms with Crippen LogP contribution in [0.25, 0.3) is 0 Å². The maximum atomic E-state index is 13.1. The Bertz CT molecular complexity index is 1990. The maximum absolute atomic E-state index is 13.1. The summed E-state index contributed by atoms with van der Waals surface area (Å²) in [5, 5.41) is 10.7. The van der Waals surface area contributed by atoms with Gasteiger partial charge in [0.05, 0.1) is 26.4 Å². The highest BCUT2D eigenvalue weighted by atomic mass is 31.2. The fourth-order valence-corrected chi connectivity index (χ4v) is 14.3. The largest absolute Gasteiger partial charge is 0.472 e. The van der Waals surface area contributed by atoms with Crippen LogP contribution in [0.15, 0.2) is 0 Å². The smallest absolute Gasteiger partial charge is 0.462 e. The summed E-state index contributed by atoms with van der Waals surface area (Å²) in [6, 6.07) is 0. The van der Waals surface area contributed by atoms with Crippen LogP contribution in [0.5, 0.6) is 0 Å². The highest BCUT2D eigenvalue weighted by Gasteiger charge is 2.30. The number of aliphatic hydroxyl groups excluding tert-OH is 1. The van der Waals surface area contributed by atoms with Crippen LogP contribution in [0.3, 0.4) is 0 Å². The van der Waals surface area contributed by atoms with Gasteiger partial charge >= 0.3 is 39.5 Å². The monoisotopic (exact) mass is 1490 g/mol. The van der Waals surface area contributed by atoms with E-state index in [-0.39, 0.29) is 25.7 Å². The van der Waals surface area contributed by atoms with Gasteiger partial charge in [-0.05, 0) is 49.4 Å². The molecular formula is C83H162O17P2. The molecule has 0 aromatic rings. The number of hydrogen-bond donors (Lipinski definition) is 3. The van der Waals surface area contributed by atoms with Gasteiger partial charge < -0.3 is 33.8 Å². The summed E-state index contributed by atoms with van der Waals surface area (Å²) < 4.78 is 68.8. The average molecular weight is 1490 g/mol. The molecule has 0 aliphatic carbocycles. The van der Waals surface area contributed by atoms with Crippen molar-refractivity contribution in [1.82, 2.24) is 0 Å². The molecule has 0 aliphatic heterocycles. The van der Waals surface area contributed by atoms with E-state index >= 15 is 0 Å². The van der Waals surface area contributed by atoms with Crippen LogP contribution in [0.1, 0.15) is 428 Å². The SMILES string of the molecule is CCC(C)CCCCCCCCCCCCC(=O)OC[C@H](COP(=O)(O)OC[C@@H](O)COP(=O)(O)OC[C@@H](COC(=O)CCCCCCCCCCCCC(C)C)OC(=O)CCCCCCCCCCCCC(C)CC)OC(=O)CCCCCCCCCCCCCCCCCCCCC(C)C. The zero-order chi connectivity index (χ0) is 75.3. The standard InChI is InChI=1S/C83H162O17P2/c1-9-75(7)61-53-45-37-29-22-25-32-40-48-56-64-81(86)94-69-78(99-82(87)65-57-49-41-33-20-18-16-14-12-11-13-15-17-19-27-35-43-51-59-73(3)4)71-97-101(89,90)95-67-77(84)68-96-102(91,92)98-72-79(70-93-80(85)63-55-47-39-31-24-21-28-36-44-52-60-74(5)6)100-83(88)66-58-50-42-34-26-23-30-38-46-54-62-76(8)10-2/h73-79,84H,9-72H2,1-8H3,(H,89,90)(H,91,92)/t75?,76?,77-,78-,79-/m1/s1. The zero-order valence-corrected chi connectivity index (χ0v) is 69.0. The maximum Gasteiger partial charge on any atom is 0.472 e. The Hall–Kier alpha value is -1.94. The highest BCUT2D eigenvalue weighted by Crippen LogP contribution is 2.45. The van der Waals surface area contributed by atoms with E-state index in [4.69, 9.17) is 37.0 Å². The number of unbranched alkanes of at least 4 members (excludes halogenated alkanes) is 44. The van der Waals surface area contributed by atoms with Crippen LogP contribution in [-0.2, 0) is 65.4 Å². The quantitative estimate of drug-likeness (QED) is 0.0222. The Labute approximate surface area is 626 Å².